The molecule has 0 saturated carbocycles. The summed E-state index contributed by atoms with van der Waals surface area (Å²) in [7, 11) is 0. The lowest BCUT2D eigenvalue weighted by Gasteiger charge is -2.36. The maximum absolute atomic E-state index is 12.9. The van der Waals surface area contributed by atoms with Gasteiger partial charge in [-0.05, 0) is 42.9 Å². The van der Waals surface area contributed by atoms with E-state index in [9.17, 15) is 19.5 Å². The number of carbonyl (C=O) groups is 3. The Bertz CT molecular complexity index is 1010. The van der Waals surface area contributed by atoms with Crippen molar-refractivity contribution >= 4 is 17.8 Å². The van der Waals surface area contributed by atoms with Gasteiger partial charge in [-0.2, -0.15) is 5.01 Å². The van der Waals surface area contributed by atoms with Crippen LogP contribution in [0.25, 0.3) is 0 Å². The standard InChI is InChI=1S/C24H28N4O4/c1-24(13-11-17-7-3-2-4-8-17)22(31)28(23(32)25-24)26-21(30)15-27-14-12-18-9-5-6-10-19(18)20(27)16-29/h2-10,20,29H,11-16H2,1H3,(H,25,32)(H,26,30)/t20-,24+/m0/s1. The molecular formula is C24H28N4O4. The predicted octanol–water partition coefficient (Wildman–Crippen LogP) is 1.55. The summed E-state index contributed by atoms with van der Waals surface area (Å²) in [5.41, 5.74) is 4.60. The molecule has 2 aromatic rings. The quantitative estimate of drug-likeness (QED) is 0.572. The van der Waals surface area contributed by atoms with E-state index in [1.807, 2.05) is 59.5 Å². The minimum atomic E-state index is -1.09. The Hall–Kier alpha value is -3.23. The van der Waals surface area contributed by atoms with Crippen LogP contribution in [0.1, 0.15) is 36.1 Å². The molecule has 1 fully saturated rings. The first-order chi connectivity index (χ1) is 15.4. The van der Waals surface area contributed by atoms with E-state index >= 15 is 0 Å². The van der Waals surface area contributed by atoms with Crippen molar-refractivity contribution in [2.75, 3.05) is 19.7 Å². The number of hydrazine groups is 1. The van der Waals surface area contributed by atoms with Gasteiger partial charge >= 0.3 is 6.03 Å². The summed E-state index contributed by atoms with van der Waals surface area (Å²) in [5.74, 6) is -0.951. The molecule has 0 unspecified atom stereocenters. The van der Waals surface area contributed by atoms with Gasteiger partial charge in [0.2, 0.25) is 0 Å². The minimum absolute atomic E-state index is 0.0304. The molecule has 3 N–H and O–H groups in total. The summed E-state index contributed by atoms with van der Waals surface area (Å²) in [6.45, 7) is 2.12. The Morgan fingerprint density at radius 1 is 1.16 bits per heavy atom. The zero-order chi connectivity index (χ0) is 22.7. The normalized spacial score (nSPS) is 23.1. The number of aliphatic hydroxyl groups excluding tert-OH is 1. The van der Waals surface area contributed by atoms with Crippen molar-refractivity contribution in [2.45, 2.75) is 37.8 Å². The van der Waals surface area contributed by atoms with Gasteiger partial charge in [0.25, 0.3) is 11.8 Å². The van der Waals surface area contributed by atoms with Crippen LogP contribution in [-0.4, -0.2) is 58.1 Å². The molecule has 0 spiro atoms. The lowest BCUT2D eigenvalue weighted by atomic mass is 9.93. The van der Waals surface area contributed by atoms with Crippen LogP contribution in [0.5, 0.6) is 0 Å². The maximum atomic E-state index is 12.9. The van der Waals surface area contributed by atoms with E-state index in [1.54, 1.807) is 6.92 Å². The number of hydrogen-bond donors (Lipinski definition) is 3. The molecule has 0 aromatic heterocycles. The minimum Gasteiger partial charge on any atom is -0.394 e. The molecule has 0 aliphatic carbocycles. The summed E-state index contributed by atoms with van der Waals surface area (Å²) in [4.78, 5) is 40.0. The van der Waals surface area contributed by atoms with E-state index in [4.69, 9.17) is 0 Å². The Morgan fingerprint density at radius 3 is 2.62 bits per heavy atom. The topological polar surface area (TPSA) is 102 Å². The van der Waals surface area contributed by atoms with E-state index in [0.717, 1.165) is 28.1 Å². The van der Waals surface area contributed by atoms with Gasteiger partial charge in [-0.15, -0.1) is 0 Å². The first-order valence-corrected chi connectivity index (χ1v) is 10.8. The van der Waals surface area contributed by atoms with Crippen LogP contribution >= 0.6 is 0 Å². The van der Waals surface area contributed by atoms with Crippen LogP contribution in [0.2, 0.25) is 0 Å². The molecular weight excluding hydrogens is 408 g/mol. The highest BCUT2D eigenvalue weighted by atomic mass is 16.3. The molecule has 1 saturated heterocycles. The highest BCUT2D eigenvalue weighted by molar-refractivity contribution is 6.07. The highest BCUT2D eigenvalue weighted by Crippen LogP contribution is 2.29. The average molecular weight is 437 g/mol. The zero-order valence-corrected chi connectivity index (χ0v) is 18.1. The van der Waals surface area contributed by atoms with Crippen LogP contribution in [0, 0.1) is 0 Å². The molecule has 8 heteroatoms. The van der Waals surface area contributed by atoms with Crippen molar-refractivity contribution in [3.05, 3.63) is 71.3 Å². The van der Waals surface area contributed by atoms with Gasteiger partial charge in [-0.25, -0.2) is 4.79 Å². The summed E-state index contributed by atoms with van der Waals surface area (Å²) >= 11 is 0. The van der Waals surface area contributed by atoms with Gasteiger partial charge in [-0.3, -0.25) is 19.9 Å². The number of rotatable bonds is 7. The summed E-state index contributed by atoms with van der Waals surface area (Å²) in [6.07, 6.45) is 1.81. The molecule has 2 aromatic carbocycles. The van der Waals surface area contributed by atoms with Crippen LogP contribution in [0.3, 0.4) is 0 Å². The summed E-state index contributed by atoms with van der Waals surface area (Å²) < 4.78 is 0. The molecule has 32 heavy (non-hydrogen) atoms. The van der Waals surface area contributed by atoms with Gasteiger partial charge in [0, 0.05) is 6.54 Å². The smallest absolute Gasteiger partial charge is 0.344 e. The summed E-state index contributed by atoms with van der Waals surface area (Å²) in [5, 5.41) is 13.4. The van der Waals surface area contributed by atoms with Crippen molar-refractivity contribution in [3.63, 3.8) is 0 Å². The fraction of sp³-hybridized carbons (Fsp3) is 0.375. The predicted molar refractivity (Wildman–Crippen MR) is 118 cm³/mol. The van der Waals surface area contributed by atoms with Gasteiger partial charge in [0.15, 0.2) is 0 Å². The van der Waals surface area contributed by atoms with Crippen molar-refractivity contribution in [1.82, 2.24) is 20.7 Å². The van der Waals surface area contributed by atoms with Crippen molar-refractivity contribution < 1.29 is 19.5 Å². The molecule has 2 heterocycles. The lowest BCUT2D eigenvalue weighted by molar-refractivity contribution is -0.139. The average Bonchev–Trinajstić information content (AvgIpc) is 3.01. The van der Waals surface area contributed by atoms with Crippen LogP contribution < -0.4 is 10.7 Å². The van der Waals surface area contributed by atoms with E-state index in [2.05, 4.69) is 10.7 Å². The Balaban J connectivity index is 1.38. The fourth-order valence-corrected chi connectivity index (χ4v) is 4.45. The number of aryl methyl sites for hydroxylation is 1. The molecule has 4 rings (SSSR count). The highest BCUT2D eigenvalue weighted by Gasteiger charge is 2.48. The first kappa shape index (κ1) is 22.0. The number of imide groups is 1. The second kappa shape index (κ2) is 9.10. The van der Waals surface area contributed by atoms with Crippen molar-refractivity contribution in [2.24, 2.45) is 0 Å². The van der Waals surface area contributed by atoms with E-state index in [-0.39, 0.29) is 19.2 Å². The van der Waals surface area contributed by atoms with Gasteiger partial charge < -0.3 is 10.4 Å². The maximum Gasteiger partial charge on any atom is 0.344 e. The molecule has 2 atom stereocenters. The van der Waals surface area contributed by atoms with E-state index in [0.29, 0.717) is 19.4 Å². The number of hydrogen-bond acceptors (Lipinski definition) is 5. The second-order valence-electron chi connectivity index (χ2n) is 8.54. The third-order valence-electron chi connectivity index (χ3n) is 6.30. The summed E-state index contributed by atoms with van der Waals surface area (Å²) in [6, 6.07) is 16.6. The van der Waals surface area contributed by atoms with E-state index in [1.165, 1.54) is 0 Å². The first-order valence-electron chi connectivity index (χ1n) is 10.8. The van der Waals surface area contributed by atoms with Gasteiger partial charge in [0.05, 0.1) is 19.2 Å². The molecule has 168 valence electrons. The number of aliphatic hydroxyl groups is 1. The SMILES string of the molecule is C[C@]1(CCc2ccccc2)NC(=O)N(NC(=O)CN2CCc3ccccc3[C@@H]2CO)C1=O. The number of carbonyl (C=O) groups excluding carboxylic acids is 3. The Kier molecular flexibility index (Phi) is 6.25. The monoisotopic (exact) mass is 436 g/mol. The second-order valence-corrected chi connectivity index (χ2v) is 8.54. The molecule has 4 amide bonds. The van der Waals surface area contributed by atoms with E-state index < -0.39 is 23.4 Å². The molecule has 8 nitrogen and oxygen atoms in total. The van der Waals surface area contributed by atoms with Crippen molar-refractivity contribution in [1.29, 1.82) is 0 Å². The number of amides is 4. The largest absolute Gasteiger partial charge is 0.394 e. The number of benzene rings is 2. The third-order valence-corrected chi connectivity index (χ3v) is 6.30. The fourth-order valence-electron chi connectivity index (χ4n) is 4.45. The molecule has 2 aliphatic rings. The van der Waals surface area contributed by atoms with Crippen LogP contribution in [0.15, 0.2) is 54.6 Å². The lowest BCUT2D eigenvalue weighted by Crippen LogP contribution is -2.52. The molecule has 0 bridgehead atoms. The zero-order valence-electron chi connectivity index (χ0n) is 18.1. The third kappa shape index (κ3) is 4.37. The number of urea groups is 1. The molecule has 0 radical (unpaired) electrons. The number of fused-ring (bicyclic) bond motifs is 1. The number of nitrogens with one attached hydrogen (secondary N) is 2. The van der Waals surface area contributed by atoms with Gasteiger partial charge in [-0.1, -0.05) is 54.6 Å². The van der Waals surface area contributed by atoms with Crippen LogP contribution in [0.4, 0.5) is 4.79 Å². The van der Waals surface area contributed by atoms with Crippen molar-refractivity contribution in [3.8, 4) is 0 Å². The Morgan fingerprint density at radius 2 is 1.88 bits per heavy atom. The van der Waals surface area contributed by atoms with Gasteiger partial charge in [0.1, 0.15) is 5.54 Å². The van der Waals surface area contributed by atoms with Crippen LogP contribution in [-0.2, 0) is 22.4 Å². The number of nitrogens with zero attached hydrogens (tertiary/aromatic N) is 2. The Labute approximate surface area is 187 Å². The molecule has 2 aliphatic heterocycles.